The molecule has 2 aromatic heterocycles. The predicted octanol–water partition coefficient (Wildman–Crippen LogP) is 3.72. The van der Waals surface area contributed by atoms with Gasteiger partial charge in [0.1, 0.15) is 29.3 Å². The van der Waals surface area contributed by atoms with Crippen LogP contribution in [0.1, 0.15) is 0 Å². The fourth-order valence-corrected chi connectivity index (χ4v) is 2.43. The Balaban J connectivity index is 1.86. The molecule has 0 radical (unpaired) electrons. The second-order valence-electron chi connectivity index (χ2n) is 5.16. The molecule has 0 aliphatic rings. The van der Waals surface area contributed by atoms with Gasteiger partial charge >= 0.3 is 0 Å². The third kappa shape index (κ3) is 3.94. The molecule has 3 aromatic rings. The van der Waals surface area contributed by atoms with Gasteiger partial charge in [0.05, 0.1) is 19.9 Å². The average molecular weight is 417 g/mol. The highest BCUT2D eigenvalue weighted by atomic mass is 79.9. The van der Waals surface area contributed by atoms with Crippen molar-refractivity contribution in [1.29, 1.82) is 0 Å². The van der Waals surface area contributed by atoms with Crippen molar-refractivity contribution in [2.45, 2.75) is 0 Å². The molecule has 134 valence electrons. The van der Waals surface area contributed by atoms with Crippen molar-refractivity contribution in [3.05, 3.63) is 47.3 Å². The van der Waals surface area contributed by atoms with Crippen LogP contribution in [0.2, 0.25) is 0 Å². The number of pyridine rings is 1. The van der Waals surface area contributed by atoms with Gasteiger partial charge in [-0.05, 0) is 40.2 Å². The number of nitrogens with one attached hydrogen (secondary N) is 2. The van der Waals surface area contributed by atoms with E-state index in [0.29, 0.717) is 40.3 Å². The molecule has 2 heterocycles. The van der Waals surface area contributed by atoms with Gasteiger partial charge in [-0.2, -0.15) is 0 Å². The molecule has 0 aliphatic heterocycles. The van der Waals surface area contributed by atoms with Gasteiger partial charge in [-0.15, -0.1) is 0 Å². The fourth-order valence-electron chi connectivity index (χ4n) is 2.20. The number of rotatable bonds is 6. The number of nitrogen functional groups attached to an aromatic ring is 1. The lowest BCUT2D eigenvalue weighted by atomic mass is 10.2. The van der Waals surface area contributed by atoms with Crippen LogP contribution in [0.15, 0.2) is 47.3 Å². The normalized spacial score (nSPS) is 10.3. The number of halogens is 1. The third-order valence-electron chi connectivity index (χ3n) is 3.52. The van der Waals surface area contributed by atoms with Crippen LogP contribution in [0.3, 0.4) is 0 Å². The largest absolute Gasteiger partial charge is 0.497 e. The van der Waals surface area contributed by atoms with E-state index in [2.05, 4.69) is 41.5 Å². The molecule has 0 saturated heterocycles. The van der Waals surface area contributed by atoms with Crippen molar-refractivity contribution in [3.8, 4) is 11.5 Å². The number of benzene rings is 1. The van der Waals surface area contributed by atoms with E-state index in [9.17, 15) is 0 Å². The van der Waals surface area contributed by atoms with Gasteiger partial charge < -0.3 is 25.8 Å². The van der Waals surface area contributed by atoms with Gasteiger partial charge in [-0.25, -0.2) is 15.0 Å². The molecule has 0 aliphatic carbocycles. The molecule has 9 heteroatoms. The smallest absolute Gasteiger partial charge is 0.160 e. The highest BCUT2D eigenvalue weighted by Crippen LogP contribution is 2.34. The number of hydrogen-bond donors (Lipinski definition) is 3. The predicted molar refractivity (Wildman–Crippen MR) is 104 cm³/mol. The van der Waals surface area contributed by atoms with Crippen LogP contribution in [-0.2, 0) is 0 Å². The summed E-state index contributed by atoms with van der Waals surface area (Å²) in [6.07, 6.45) is 3.09. The van der Waals surface area contributed by atoms with Gasteiger partial charge in [-0.3, -0.25) is 0 Å². The monoisotopic (exact) mass is 416 g/mol. The molecule has 0 saturated carbocycles. The summed E-state index contributed by atoms with van der Waals surface area (Å²) in [4.78, 5) is 12.6. The first-order valence-corrected chi connectivity index (χ1v) is 8.38. The Morgan fingerprint density at radius 1 is 0.962 bits per heavy atom. The zero-order valence-corrected chi connectivity index (χ0v) is 15.7. The fraction of sp³-hybridized carbons (Fsp3) is 0.118. The van der Waals surface area contributed by atoms with Gasteiger partial charge in [0.25, 0.3) is 0 Å². The Hall–Kier alpha value is -3.07. The number of ether oxygens (including phenoxy) is 2. The van der Waals surface area contributed by atoms with Crippen molar-refractivity contribution < 1.29 is 9.47 Å². The maximum Gasteiger partial charge on any atom is 0.160 e. The lowest BCUT2D eigenvalue weighted by molar-refractivity contribution is 0.395. The molecular weight excluding hydrogens is 400 g/mol. The second kappa shape index (κ2) is 7.87. The van der Waals surface area contributed by atoms with Crippen molar-refractivity contribution in [1.82, 2.24) is 15.0 Å². The second-order valence-corrected chi connectivity index (χ2v) is 6.08. The summed E-state index contributed by atoms with van der Waals surface area (Å²) < 4.78 is 11.5. The van der Waals surface area contributed by atoms with E-state index in [1.807, 2.05) is 24.3 Å². The van der Waals surface area contributed by atoms with Crippen LogP contribution < -0.4 is 25.8 Å². The molecule has 8 nitrogen and oxygen atoms in total. The average Bonchev–Trinajstić information content (AvgIpc) is 2.67. The first-order valence-electron chi connectivity index (χ1n) is 7.59. The van der Waals surface area contributed by atoms with Crippen molar-refractivity contribution in [2.24, 2.45) is 0 Å². The minimum atomic E-state index is 0.357. The highest BCUT2D eigenvalue weighted by Gasteiger charge is 2.12. The first kappa shape index (κ1) is 17.7. The molecule has 4 N–H and O–H groups in total. The summed E-state index contributed by atoms with van der Waals surface area (Å²) >= 11 is 3.35. The lowest BCUT2D eigenvalue weighted by Gasteiger charge is -2.15. The Morgan fingerprint density at radius 3 is 2.38 bits per heavy atom. The summed E-state index contributed by atoms with van der Waals surface area (Å²) in [6, 6.07) is 9.08. The molecule has 0 bridgehead atoms. The molecule has 26 heavy (non-hydrogen) atoms. The number of anilines is 5. The number of aromatic nitrogens is 3. The van der Waals surface area contributed by atoms with Gasteiger partial charge in [0.15, 0.2) is 11.6 Å². The zero-order valence-electron chi connectivity index (χ0n) is 14.2. The van der Waals surface area contributed by atoms with E-state index in [4.69, 9.17) is 15.2 Å². The molecule has 0 unspecified atom stereocenters. The maximum absolute atomic E-state index is 6.20. The van der Waals surface area contributed by atoms with E-state index in [1.54, 1.807) is 26.5 Å². The van der Waals surface area contributed by atoms with Crippen LogP contribution in [0, 0.1) is 0 Å². The number of nitrogens with two attached hydrogens (primary N) is 1. The highest BCUT2D eigenvalue weighted by molar-refractivity contribution is 9.10. The standard InChI is InChI=1S/C17H17BrN6O2/c1-25-11-4-5-12(13(7-11)26-2)23-16-15(19)17(22-9-21-16)24-14-6-3-10(18)8-20-14/h3-9H,19H2,1-2H3,(H2,20,21,22,23,24). The maximum atomic E-state index is 6.20. The van der Waals surface area contributed by atoms with Crippen LogP contribution >= 0.6 is 15.9 Å². The van der Waals surface area contributed by atoms with Crippen molar-refractivity contribution >= 4 is 44.8 Å². The minimum absolute atomic E-state index is 0.357. The quantitative estimate of drug-likeness (QED) is 0.557. The number of methoxy groups -OCH3 is 2. The van der Waals surface area contributed by atoms with E-state index in [1.165, 1.54) is 6.33 Å². The Labute approximate surface area is 158 Å². The van der Waals surface area contributed by atoms with Crippen LogP contribution in [0.25, 0.3) is 0 Å². The van der Waals surface area contributed by atoms with E-state index in [0.717, 1.165) is 4.47 Å². The minimum Gasteiger partial charge on any atom is -0.497 e. The molecular formula is C17H17BrN6O2. The summed E-state index contributed by atoms with van der Waals surface area (Å²) in [5.74, 6) is 2.80. The van der Waals surface area contributed by atoms with Crippen LogP contribution in [0.5, 0.6) is 11.5 Å². The van der Waals surface area contributed by atoms with Gasteiger partial charge in [0.2, 0.25) is 0 Å². The van der Waals surface area contributed by atoms with E-state index >= 15 is 0 Å². The molecule has 0 spiro atoms. The van der Waals surface area contributed by atoms with E-state index < -0.39 is 0 Å². The summed E-state index contributed by atoms with van der Waals surface area (Å²) in [5.41, 5.74) is 7.26. The van der Waals surface area contributed by atoms with Crippen molar-refractivity contribution in [2.75, 3.05) is 30.6 Å². The SMILES string of the molecule is COc1ccc(Nc2ncnc(Nc3ccc(Br)cn3)c2N)c(OC)c1. The first-order chi connectivity index (χ1) is 12.6. The summed E-state index contributed by atoms with van der Waals surface area (Å²) in [7, 11) is 3.17. The van der Waals surface area contributed by atoms with Gasteiger partial charge in [0, 0.05) is 16.7 Å². The topological polar surface area (TPSA) is 107 Å². The van der Waals surface area contributed by atoms with Crippen LogP contribution in [-0.4, -0.2) is 29.2 Å². The summed E-state index contributed by atoms with van der Waals surface area (Å²) in [6.45, 7) is 0. The molecule has 1 aromatic carbocycles. The Morgan fingerprint density at radius 2 is 1.73 bits per heavy atom. The lowest BCUT2D eigenvalue weighted by Crippen LogP contribution is -2.06. The zero-order chi connectivity index (χ0) is 18.5. The van der Waals surface area contributed by atoms with Crippen LogP contribution in [0.4, 0.5) is 28.8 Å². The molecule has 0 amide bonds. The van der Waals surface area contributed by atoms with E-state index in [-0.39, 0.29) is 0 Å². The Kier molecular flexibility index (Phi) is 5.37. The number of hydrogen-bond acceptors (Lipinski definition) is 8. The summed E-state index contributed by atoms with van der Waals surface area (Å²) in [5, 5.41) is 6.23. The third-order valence-corrected chi connectivity index (χ3v) is 3.99. The van der Waals surface area contributed by atoms with Crippen molar-refractivity contribution in [3.63, 3.8) is 0 Å². The Bertz CT molecular complexity index is 904. The molecule has 3 rings (SSSR count). The molecule has 0 atom stereocenters. The van der Waals surface area contributed by atoms with Gasteiger partial charge in [-0.1, -0.05) is 0 Å². The number of nitrogens with zero attached hydrogens (tertiary/aromatic N) is 3. The molecule has 0 fully saturated rings.